The molecule has 2 aromatic heterocycles. The number of benzene rings is 1. The number of aromatic nitrogens is 3. The lowest BCUT2D eigenvalue weighted by Gasteiger charge is -2.17. The van der Waals surface area contributed by atoms with Gasteiger partial charge in [-0.05, 0) is 37.1 Å². The summed E-state index contributed by atoms with van der Waals surface area (Å²) in [6, 6.07) is 12.7. The van der Waals surface area contributed by atoms with E-state index in [1.165, 1.54) is 0 Å². The van der Waals surface area contributed by atoms with Crippen LogP contribution in [0, 0.1) is 11.3 Å². The average Bonchev–Trinajstić information content (AvgIpc) is 3.18. The molecule has 0 spiro atoms. The van der Waals surface area contributed by atoms with Gasteiger partial charge in [0.25, 0.3) is 0 Å². The predicted octanol–water partition coefficient (Wildman–Crippen LogP) is 1.75. The molecule has 136 valence electrons. The number of hydrogen-bond acceptors (Lipinski definition) is 8. The molecular weight excluding hydrogens is 342 g/mol. The molecule has 1 aliphatic heterocycles. The summed E-state index contributed by atoms with van der Waals surface area (Å²) in [5, 5.41) is 25.9. The van der Waals surface area contributed by atoms with Crippen molar-refractivity contribution in [3.63, 3.8) is 0 Å². The van der Waals surface area contributed by atoms with Gasteiger partial charge in [0.05, 0.1) is 30.9 Å². The molecule has 1 aromatic carbocycles. The lowest BCUT2D eigenvalue weighted by Crippen LogP contribution is -2.30. The fraction of sp³-hybridized carbons (Fsp3) is 0.278. The molecule has 4 N–H and O–H groups in total. The molecule has 2 fully saturated rings. The van der Waals surface area contributed by atoms with Crippen molar-refractivity contribution in [1.29, 1.82) is 5.26 Å². The summed E-state index contributed by atoms with van der Waals surface area (Å²) in [6.45, 7) is 1.55. The lowest BCUT2D eigenvalue weighted by molar-refractivity contribution is 0.778. The zero-order valence-corrected chi connectivity index (χ0v) is 14.6. The van der Waals surface area contributed by atoms with Crippen molar-refractivity contribution in [2.24, 2.45) is 0 Å². The number of hydrazine groups is 1. The number of imidazole rings is 1. The number of hydrogen-bond donors (Lipinski definition) is 4. The van der Waals surface area contributed by atoms with Crippen LogP contribution in [0.1, 0.15) is 18.5 Å². The minimum Gasteiger partial charge on any atom is -0.379 e. The number of nitrogens with zero attached hydrogens (tertiary/aromatic N) is 5. The van der Waals surface area contributed by atoms with Gasteiger partial charge in [-0.1, -0.05) is 0 Å². The van der Waals surface area contributed by atoms with E-state index in [-0.39, 0.29) is 0 Å². The number of nitriles is 1. The van der Waals surface area contributed by atoms with Gasteiger partial charge in [0.2, 0.25) is 0 Å². The standard InChI is InChI=1S/C18H19N9/c19-8-15-9-21-18-16(23-12-1-2-12)7-17(25-27(15)18)24-13-3-5-14(6-4-13)26-11-20-10-22-26/h3-7,9,12,20,22-23H,1-2,10-11H2,(H,24,25). The molecule has 2 aliphatic rings. The first kappa shape index (κ1) is 15.9. The quantitative estimate of drug-likeness (QED) is 0.545. The van der Waals surface area contributed by atoms with E-state index in [1.807, 2.05) is 30.3 Å². The first-order chi connectivity index (χ1) is 13.3. The summed E-state index contributed by atoms with van der Waals surface area (Å²) >= 11 is 0. The summed E-state index contributed by atoms with van der Waals surface area (Å²) in [6.07, 6.45) is 3.86. The van der Waals surface area contributed by atoms with Gasteiger partial charge in [0.1, 0.15) is 6.07 Å². The number of nitrogens with one attached hydrogen (secondary N) is 4. The molecule has 9 heteroatoms. The van der Waals surface area contributed by atoms with Gasteiger partial charge in [-0.3, -0.25) is 10.3 Å². The van der Waals surface area contributed by atoms with E-state index in [4.69, 9.17) is 0 Å². The number of rotatable bonds is 5. The number of fused-ring (bicyclic) bond motifs is 1. The van der Waals surface area contributed by atoms with Crippen LogP contribution >= 0.6 is 0 Å². The number of anilines is 4. The third-order valence-corrected chi connectivity index (χ3v) is 4.64. The highest BCUT2D eigenvalue weighted by atomic mass is 15.6. The molecule has 0 unspecified atom stereocenters. The van der Waals surface area contributed by atoms with Crippen molar-refractivity contribution in [2.45, 2.75) is 18.9 Å². The Labute approximate surface area is 156 Å². The van der Waals surface area contributed by atoms with E-state index in [0.29, 0.717) is 23.2 Å². The molecule has 1 saturated heterocycles. The molecule has 3 heterocycles. The predicted molar refractivity (Wildman–Crippen MR) is 103 cm³/mol. The monoisotopic (exact) mass is 361 g/mol. The minimum atomic E-state index is 0.412. The maximum absolute atomic E-state index is 9.32. The maximum Gasteiger partial charge on any atom is 0.178 e. The minimum absolute atomic E-state index is 0.412. The normalized spacial score (nSPS) is 16.5. The van der Waals surface area contributed by atoms with Crippen LogP contribution in [-0.4, -0.2) is 34.0 Å². The highest BCUT2D eigenvalue weighted by Gasteiger charge is 2.23. The third-order valence-electron chi connectivity index (χ3n) is 4.64. The van der Waals surface area contributed by atoms with Gasteiger partial charge in [-0.25, -0.2) is 10.4 Å². The Morgan fingerprint density at radius 2 is 2.07 bits per heavy atom. The van der Waals surface area contributed by atoms with Crippen molar-refractivity contribution >= 4 is 28.5 Å². The first-order valence-corrected chi connectivity index (χ1v) is 8.94. The van der Waals surface area contributed by atoms with Crippen molar-refractivity contribution in [3.05, 3.63) is 42.2 Å². The molecule has 27 heavy (non-hydrogen) atoms. The molecule has 0 radical (unpaired) electrons. The summed E-state index contributed by atoms with van der Waals surface area (Å²) in [5.41, 5.74) is 7.23. The Hall–Kier alpha value is -3.35. The topological polar surface area (TPSA) is 105 Å². The largest absolute Gasteiger partial charge is 0.379 e. The van der Waals surface area contributed by atoms with Crippen molar-refractivity contribution in [2.75, 3.05) is 29.0 Å². The smallest absolute Gasteiger partial charge is 0.178 e. The SMILES string of the molecule is N#Cc1cnc2c(NC3CC3)cc(Nc3ccc(N4CNCN4)cc3)nn12. The van der Waals surface area contributed by atoms with Gasteiger partial charge >= 0.3 is 0 Å². The molecular formula is C18H19N9. The van der Waals surface area contributed by atoms with E-state index >= 15 is 0 Å². The van der Waals surface area contributed by atoms with E-state index in [2.05, 4.69) is 42.5 Å². The van der Waals surface area contributed by atoms with E-state index in [0.717, 1.165) is 43.2 Å². The summed E-state index contributed by atoms with van der Waals surface area (Å²) in [7, 11) is 0. The molecule has 5 rings (SSSR count). The molecule has 1 saturated carbocycles. The Morgan fingerprint density at radius 3 is 2.78 bits per heavy atom. The molecule has 0 atom stereocenters. The van der Waals surface area contributed by atoms with E-state index < -0.39 is 0 Å². The molecule has 9 nitrogen and oxygen atoms in total. The Kier molecular flexibility index (Phi) is 3.78. The van der Waals surface area contributed by atoms with Crippen molar-refractivity contribution in [1.82, 2.24) is 25.3 Å². The van der Waals surface area contributed by atoms with Crippen LogP contribution in [0.25, 0.3) is 5.65 Å². The Balaban J connectivity index is 1.44. The second-order valence-corrected chi connectivity index (χ2v) is 6.70. The molecule has 3 aromatic rings. The van der Waals surface area contributed by atoms with Gasteiger partial charge in [-0.15, -0.1) is 5.10 Å². The third kappa shape index (κ3) is 3.12. The fourth-order valence-corrected chi connectivity index (χ4v) is 3.09. The van der Waals surface area contributed by atoms with Crippen LogP contribution in [0.3, 0.4) is 0 Å². The first-order valence-electron chi connectivity index (χ1n) is 8.94. The zero-order valence-electron chi connectivity index (χ0n) is 14.6. The van der Waals surface area contributed by atoms with E-state index in [1.54, 1.807) is 10.7 Å². The van der Waals surface area contributed by atoms with E-state index in [9.17, 15) is 5.26 Å². The average molecular weight is 361 g/mol. The van der Waals surface area contributed by atoms with Gasteiger partial charge in [0, 0.05) is 17.8 Å². The van der Waals surface area contributed by atoms with Gasteiger partial charge in [0.15, 0.2) is 17.2 Å². The summed E-state index contributed by atoms with van der Waals surface area (Å²) in [5.74, 6) is 0.661. The van der Waals surface area contributed by atoms with Crippen LogP contribution in [0.5, 0.6) is 0 Å². The second-order valence-electron chi connectivity index (χ2n) is 6.70. The summed E-state index contributed by atoms with van der Waals surface area (Å²) < 4.78 is 1.58. The van der Waals surface area contributed by atoms with Gasteiger partial charge in [-0.2, -0.15) is 9.78 Å². The highest BCUT2D eigenvalue weighted by molar-refractivity contribution is 5.73. The molecule has 0 amide bonds. The molecule has 1 aliphatic carbocycles. The van der Waals surface area contributed by atoms with Crippen LogP contribution in [-0.2, 0) is 0 Å². The Bertz CT molecular complexity index is 1010. The van der Waals surface area contributed by atoms with Crippen molar-refractivity contribution < 1.29 is 0 Å². The van der Waals surface area contributed by atoms with Crippen LogP contribution < -0.4 is 26.4 Å². The van der Waals surface area contributed by atoms with Crippen LogP contribution in [0.2, 0.25) is 0 Å². The Morgan fingerprint density at radius 1 is 1.22 bits per heavy atom. The fourth-order valence-electron chi connectivity index (χ4n) is 3.09. The molecule has 0 bridgehead atoms. The lowest BCUT2D eigenvalue weighted by atomic mass is 10.2. The van der Waals surface area contributed by atoms with Crippen molar-refractivity contribution in [3.8, 4) is 6.07 Å². The second kappa shape index (κ2) is 6.42. The van der Waals surface area contributed by atoms with Gasteiger partial charge < -0.3 is 10.6 Å². The maximum atomic E-state index is 9.32. The van der Waals surface area contributed by atoms with Crippen LogP contribution in [0.15, 0.2) is 36.5 Å². The summed E-state index contributed by atoms with van der Waals surface area (Å²) in [4.78, 5) is 4.34. The zero-order chi connectivity index (χ0) is 18.2. The van der Waals surface area contributed by atoms with Crippen LogP contribution in [0.4, 0.5) is 22.9 Å². The highest BCUT2D eigenvalue weighted by Crippen LogP contribution is 2.29.